The van der Waals surface area contributed by atoms with Crippen molar-refractivity contribution >= 4 is 12.1 Å². The van der Waals surface area contributed by atoms with Crippen LogP contribution < -0.4 is 4.74 Å². The molecule has 2 fully saturated rings. The van der Waals surface area contributed by atoms with Crippen LogP contribution in [0.25, 0.3) is 0 Å². The minimum absolute atomic E-state index is 0.0877. The first-order valence-electron chi connectivity index (χ1n) is 10.9. The molecule has 0 N–H and O–H groups in total. The second kappa shape index (κ2) is 7.12. The summed E-state index contributed by atoms with van der Waals surface area (Å²) < 4.78 is 6.04. The summed E-state index contributed by atoms with van der Waals surface area (Å²) in [5.41, 5.74) is 3.68. The van der Waals surface area contributed by atoms with Gasteiger partial charge in [0.15, 0.2) is 0 Å². The van der Waals surface area contributed by atoms with Crippen LogP contribution in [0.3, 0.4) is 0 Å². The maximum atomic E-state index is 12.7. The number of Topliss-reactive ketones (excluding diaryl/α,β-unsaturated/α-hetero) is 1. The lowest BCUT2D eigenvalue weighted by atomic mass is 9.54. The molecule has 0 amide bonds. The van der Waals surface area contributed by atoms with E-state index in [9.17, 15) is 9.59 Å². The Labute approximate surface area is 172 Å². The third kappa shape index (κ3) is 3.02. The van der Waals surface area contributed by atoms with Crippen LogP contribution in [0.5, 0.6) is 5.75 Å². The fourth-order valence-electron chi connectivity index (χ4n) is 6.46. The molecule has 0 heterocycles. The fraction of sp³-hybridized carbons (Fsp3) is 0.462. The number of aldehydes is 1. The van der Waals surface area contributed by atoms with E-state index in [1.54, 1.807) is 0 Å². The summed E-state index contributed by atoms with van der Waals surface area (Å²) in [5, 5.41) is 0. The van der Waals surface area contributed by atoms with E-state index in [-0.39, 0.29) is 17.3 Å². The standard InChI is InChI=1S/C26H28O3/c1-26-12-11-22-21-10-8-20(29-16-17-5-3-2-4-6-17)13-18(21)7-9-23(22)25(26)19(15-27)14-24(26)28/h2-6,8,10,13,15,19,22-23,25H,7,9,11-12,14,16H2,1H3/t19-,22-,23-,25+,26-/m1/s1. The van der Waals surface area contributed by atoms with Crippen LogP contribution in [0.2, 0.25) is 0 Å². The highest BCUT2D eigenvalue weighted by Crippen LogP contribution is 2.61. The average molecular weight is 389 g/mol. The third-order valence-corrected chi connectivity index (χ3v) is 7.89. The molecule has 5 rings (SSSR count). The number of ether oxygens (including phenoxy) is 1. The van der Waals surface area contributed by atoms with Gasteiger partial charge in [-0.1, -0.05) is 43.3 Å². The Morgan fingerprint density at radius 2 is 1.97 bits per heavy atom. The van der Waals surface area contributed by atoms with Crippen LogP contribution in [0.4, 0.5) is 0 Å². The van der Waals surface area contributed by atoms with Crippen molar-refractivity contribution in [2.45, 2.75) is 51.6 Å². The number of carbonyl (C=O) groups excluding carboxylic acids is 2. The molecule has 0 aromatic heterocycles. The Morgan fingerprint density at radius 1 is 1.14 bits per heavy atom. The van der Waals surface area contributed by atoms with Gasteiger partial charge in [-0.3, -0.25) is 4.79 Å². The molecule has 3 aliphatic carbocycles. The number of carbonyl (C=O) groups is 2. The minimum Gasteiger partial charge on any atom is -0.489 e. The smallest absolute Gasteiger partial charge is 0.139 e. The molecular weight excluding hydrogens is 360 g/mol. The van der Waals surface area contributed by atoms with Gasteiger partial charge in [-0.15, -0.1) is 0 Å². The van der Waals surface area contributed by atoms with E-state index in [1.807, 2.05) is 18.2 Å². The van der Waals surface area contributed by atoms with Gasteiger partial charge in [-0.2, -0.15) is 0 Å². The predicted molar refractivity (Wildman–Crippen MR) is 112 cm³/mol. The van der Waals surface area contributed by atoms with Crippen molar-refractivity contribution in [2.75, 3.05) is 0 Å². The van der Waals surface area contributed by atoms with Crippen LogP contribution in [0.1, 0.15) is 55.2 Å². The molecule has 29 heavy (non-hydrogen) atoms. The highest BCUT2D eigenvalue weighted by atomic mass is 16.5. The third-order valence-electron chi connectivity index (χ3n) is 7.89. The molecule has 2 aromatic rings. The van der Waals surface area contributed by atoms with Gasteiger partial charge >= 0.3 is 0 Å². The highest BCUT2D eigenvalue weighted by molar-refractivity contribution is 5.90. The molecule has 0 unspecified atom stereocenters. The van der Waals surface area contributed by atoms with Gasteiger partial charge in [0.25, 0.3) is 0 Å². The van der Waals surface area contributed by atoms with Crippen molar-refractivity contribution < 1.29 is 14.3 Å². The second-order valence-corrected chi connectivity index (χ2v) is 9.35. The Kier molecular flexibility index (Phi) is 4.57. The first kappa shape index (κ1) is 18.6. The molecule has 0 bridgehead atoms. The molecule has 3 heteroatoms. The lowest BCUT2D eigenvalue weighted by molar-refractivity contribution is -0.129. The number of hydrogen-bond acceptors (Lipinski definition) is 3. The molecule has 0 spiro atoms. The summed E-state index contributed by atoms with van der Waals surface area (Å²) in [6, 6.07) is 16.8. The largest absolute Gasteiger partial charge is 0.489 e. The summed E-state index contributed by atoms with van der Waals surface area (Å²) in [5.74, 6) is 2.28. The molecule has 150 valence electrons. The predicted octanol–water partition coefficient (Wildman–Crippen LogP) is 5.12. The maximum absolute atomic E-state index is 12.7. The van der Waals surface area contributed by atoms with Crippen molar-refractivity contribution in [1.29, 1.82) is 0 Å². The second-order valence-electron chi connectivity index (χ2n) is 9.35. The van der Waals surface area contributed by atoms with E-state index in [4.69, 9.17) is 4.74 Å². The average Bonchev–Trinajstić information content (AvgIpc) is 3.03. The Bertz CT molecular complexity index is 934. The topological polar surface area (TPSA) is 43.4 Å². The van der Waals surface area contributed by atoms with E-state index in [0.717, 1.165) is 37.7 Å². The quantitative estimate of drug-likeness (QED) is 0.683. The van der Waals surface area contributed by atoms with Gasteiger partial charge in [0.1, 0.15) is 24.4 Å². The van der Waals surface area contributed by atoms with Gasteiger partial charge in [-0.05, 0) is 72.3 Å². The van der Waals surface area contributed by atoms with E-state index < -0.39 is 0 Å². The Morgan fingerprint density at radius 3 is 2.76 bits per heavy atom. The zero-order valence-electron chi connectivity index (χ0n) is 17.0. The number of fused-ring (bicyclic) bond motifs is 5. The number of hydrogen-bond donors (Lipinski definition) is 0. The van der Waals surface area contributed by atoms with Gasteiger partial charge in [-0.25, -0.2) is 0 Å². The monoisotopic (exact) mass is 388 g/mol. The van der Waals surface area contributed by atoms with Gasteiger partial charge in [0.05, 0.1) is 0 Å². The van der Waals surface area contributed by atoms with E-state index >= 15 is 0 Å². The van der Waals surface area contributed by atoms with Gasteiger partial charge in [0, 0.05) is 17.8 Å². The van der Waals surface area contributed by atoms with Crippen LogP contribution in [-0.2, 0) is 22.6 Å². The molecule has 0 radical (unpaired) electrons. The van der Waals surface area contributed by atoms with Crippen LogP contribution in [0, 0.1) is 23.2 Å². The minimum atomic E-state index is -0.289. The Balaban J connectivity index is 1.38. The fourth-order valence-corrected chi connectivity index (χ4v) is 6.46. The van der Waals surface area contributed by atoms with Crippen molar-refractivity contribution in [2.24, 2.45) is 23.2 Å². The SMILES string of the molecule is C[C@]12CC[C@@H]3c4ccc(OCc5ccccc5)cc4CC[C@H]3[C@@H]1[C@@H](C=O)CC2=O. The molecule has 0 aliphatic heterocycles. The summed E-state index contributed by atoms with van der Waals surface area (Å²) in [7, 11) is 0. The van der Waals surface area contributed by atoms with E-state index in [2.05, 4.69) is 37.3 Å². The first-order valence-corrected chi connectivity index (χ1v) is 10.9. The zero-order valence-corrected chi connectivity index (χ0v) is 17.0. The van der Waals surface area contributed by atoms with Crippen molar-refractivity contribution in [3.8, 4) is 5.75 Å². The Hall–Kier alpha value is -2.42. The number of benzene rings is 2. The highest BCUT2D eigenvalue weighted by Gasteiger charge is 2.58. The van der Waals surface area contributed by atoms with Crippen molar-refractivity contribution in [3.05, 3.63) is 65.2 Å². The van der Waals surface area contributed by atoms with E-state index in [0.29, 0.717) is 30.6 Å². The van der Waals surface area contributed by atoms with Crippen LogP contribution in [-0.4, -0.2) is 12.1 Å². The summed E-state index contributed by atoms with van der Waals surface area (Å²) in [4.78, 5) is 24.4. The maximum Gasteiger partial charge on any atom is 0.139 e. The van der Waals surface area contributed by atoms with Crippen LogP contribution in [0.15, 0.2) is 48.5 Å². The summed E-state index contributed by atoms with van der Waals surface area (Å²) in [6.07, 6.45) is 5.54. The zero-order chi connectivity index (χ0) is 20.0. The molecule has 3 aliphatic rings. The van der Waals surface area contributed by atoms with Gasteiger partial charge < -0.3 is 9.53 Å². The van der Waals surface area contributed by atoms with E-state index in [1.165, 1.54) is 16.7 Å². The normalized spacial score (nSPS) is 32.8. The lowest BCUT2D eigenvalue weighted by Crippen LogP contribution is -2.44. The molecule has 2 saturated carbocycles. The van der Waals surface area contributed by atoms with Crippen molar-refractivity contribution in [3.63, 3.8) is 0 Å². The van der Waals surface area contributed by atoms with Crippen molar-refractivity contribution in [1.82, 2.24) is 0 Å². The summed E-state index contributed by atoms with van der Waals surface area (Å²) >= 11 is 0. The number of aryl methyl sites for hydroxylation is 1. The van der Waals surface area contributed by atoms with Gasteiger partial charge in [0.2, 0.25) is 0 Å². The summed E-state index contributed by atoms with van der Waals surface area (Å²) in [6.45, 7) is 2.70. The van der Waals surface area contributed by atoms with Crippen LogP contribution >= 0.6 is 0 Å². The molecule has 0 saturated heterocycles. The molecule has 2 aromatic carbocycles. The number of ketones is 1. The molecule has 3 nitrogen and oxygen atoms in total. The molecule has 5 atom stereocenters. The number of rotatable bonds is 4. The lowest BCUT2D eigenvalue weighted by Gasteiger charge is -2.49. The molecular formula is C26H28O3. The first-order chi connectivity index (χ1) is 14.1.